The van der Waals surface area contributed by atoms with Crippen LogP contribution in [0.3, 0.4) is 0 Å². The highest BCUT2D eigenvalue weighted by Crippen LogP contribution is 2.33. The van der Waals surface area contributed by atoms with Gasteiger partial charge in [-0.1, -0.05) is 12.1 Å². The van der Waals surface area contributed by atoms with Crippen LogP contribution in [-0.2, 0) is 6.42 Å². The highest BCUT2D eigenvalue weighted by Gasteiger charge is 2.22. The number of rotatable bonds is 6. The van der Waals surface area contributed by atoms with Gasteiger partial charge in [0.15, 0.2) is 11.5 Å². The third kappa shape index (κ3) is 3.61. The first-order chi connectivity index (χ1) is 9.24. The van der Waals surface area contributed by atoms with E-state index in [0.717, 1.165) is 44.0 Å². The zero-order valence-electron chi connectivity index (χ0n) is 12.1. The van der Waals surface area contributed by atoms with Crippen LogP contribution in [0.1, 0.15) is 12.0 Å². The molecule has 4 heteroatoms. The largest absolute Gasteiger partial charge is 0.493 e. The number of methoxy groups -OCH3 is 1. The monoisotopic (exact) mass is 264 g/mol. The Morgan fingerprint density at radius 1 is 1.42 bits per heavy atom. The van der Waals surface area contributed by atoms with Gasteiger partial charge in [-0.25, -0.2) is 0 Å². The first-order valence-corrected chi connectivity index (χ1v) is 6.90. The van der Waals surface area contributed by atoms with Gasteiger partial charge in [-0.15, -0.1) is 0 Å². The SMILES string of the molecule is CNCCc1cccc(OC2CCN(C)C2)c1OC. The van der Waals surface area contributed by atoms with Crippen LogP contribution in [0.5, 0.6) is 11.5 Å². The summed E-state index contributed by atoms with van der Waals surface area (Å²) in [6, 6.07) is 6.14. The fourth-order valence-electron chi connectivity index (χ4n) is 2.51. The summed E-state index contributed by atoms with van der Waals surface area (Å²) in [4.78, 5) is 2.29. The first-order valence-electron chi connectivity index (χ1n) is 6.90. The van der Waals surface area contributed by atoms with Gasteiger partial charge in [0, 0.05) is 13.1 Å². The molecule has 0 saturated carbocycles. The van der Waals surface area contributed by atoms with Gasteiger partial charge in [-0.3, -0.25) is 0 Å². The molecule has 1 unspecified atom stereocenters. The van der Waals surface area contributed by atoms with Gasteiger partial charge in [0.05, 0.1) is 7.11 Å². The van der Waals surface area contributed by atoms with E-state index in [1.54, 1.807) is 7.11 Å². The molecule has 1 atom stereocenters. The second-order valence-electron chi connectivity index (χ2n) is 5.09. The van der Waals surface area contributed by atoms with Crippen LogP contribution in [0.15, 0.2) is 18.2 Å². The van der Waals surface area contributed by atoms with E-state index >= 15 is 0 Å². The number of benzene rings is 1. The van der Waals surface area contributed by atoms with Crippen molar-refractivity contribution >= 4 is 0 Å². The second-order valence-corrected chi connectivity index (χ2v) is 5.09. The molecule has 1 N–H and O–H groups in total. The molecular formula is C15H24N2O2. The highest BCUT2D eigenvalue weighted by atomic mass is 16.5. The van der Waals surface area contributed by atoms with Crippen molar-refractivity contribution in [3.05, 3.63) is 23.8 Å². The summed E-state index contributed by atoms with van der Waals surface area (Å²) < 4.78 is 11.6. The molecule has 1 fully saturated rings. The molecule has 4 nitrogen and oxygen atoms in total. The van der Waals surface area contributed by atoms with Crippen molar-refractivity contribution in [3.63, 3.8) is 0 Å². The Labute approximate surface area is 115 Å². The molecule has 1 heterocycles. The second kappa shape index (κ2) is 6.78. The van der Waals surface area contributed by atoms with Crippen LogP contribution < -0.4 is 14.8 Å². The smallest absolute Gasteiger partial charge is 0.163 e. The maximum absolute atomic E-state index is 6.10. The predicted octanol–water partition coefficient (Wildman–Crippen LogP) is 1.54. The molecule has 2 rings (SSSR count). The van der Waals surface area contributed by atoms with Crippen LogP contribution in [0, 0.1) is 0 Å². The first kappa shape index (κ1) is 14.2. The molecule has 1 saturated heterocycles. The van der Waals surface area contributed by atoms with E-state index in [0.29, 0.717) is 0 Å². The number of ether oxygens (including phenoxy) is 2. The number of hydrogen-bond donors (Lipinski definition) is 1. The normalized spacial score (nSPS) is 19.6. The molecule has 0 spiro atoms. The van der Waals surface area contributed by atoms with Crippen molar-refractivity contribution in [3.8, 4) is 11.5 Å². The van der Waals surface area contributed by atoms with E-state index < -0.39 is 0 Å². The van der Waals surface area contributed by atoms with Gasteiger partial charge in [0.2, 0.25) is 0 Å². The highest BCUT2D eigenvalue weighted by molar-refractivity contribution is 5.47. The van der Waals surface area contributed by atoms with Crippen molar-refractivity contribution in [2.24, 2.45) is 0 Å². The lowest BCUT2D eigenvalue weighted by Crippen LogP contribution is -2.21. The summed E-state index contributed by atoms with van der Waals surface area (Å²) in [5, 5.41) is 3.16. The maximum atomic E-state index is 6.10. The summed E-state index contributed by atoms with van der Waals surface area (Å²) in [5.74, 6) is 1.75. The van der Waals surface area contributed by atoms with Crippen LogP contribution in [0.2, 0.25) is 0 Å². The van der Waals surface area contributed by atoms with Crippen LogP contribution in [-0.4, -0.2) is 51.8 Å². The summed E-state index contributed by atoms with van der Waals surface area (Å²) in [6.07, 6.45) is 2.31. The van der Waals surface area contributed by atoms with Crippen molar-refractivity contribution < 1.29 is 9.47 Å². The number of likely N-dealkylation sites (N-methyl/N-ethyl adjacent to an activating group) is 2. The minimum Gasteiger partial charge on any atom is -0.493 e. The Kier molecular flexibility index (Phi) is 5.05. The third-order valence-electron chi connectivity index (χ3n) is 3.55. The van der Waals surface area contributed by atoms with E-state index in [2.05, 4.69) is 23.3 Å². The number of para-hydroxylation sites is 1. The molecule has 1 aromatic rings. The Balaban J connectivity index is 2.10. The number of likely N-dealkylation sites (tertiary alicyclic amines) is 1. The molecule has 0 aliphatic carbocycles. The van der Waals surface area contributed by atoms with Gasteiger partial charge in [-0.05, 0) is 45.1 Å². The van der Waals surface area contributed by atoms with E-state index in [9.17, 15) is 0 Å². The summed E-state index contributed by atoms with van der Waals surface area (Å²) in [5.41, 5.74) is 1.20. The predicted molar refractivity (Wildman–Crippen MR) is 77.2 cm³/mol. The molecule has 1 aliphatic rings. The quantitative estimate of drug-likeness (QED) is 0.845. The standard InChI is InChI=1S/C15H24N2O2/c1-16-9-7-12-5-4-6-14(15(12)18-3)19-13-8-10-17(2)11-13/h4-6,13,16H,7-11H2,1-3H3. The van der Waals surface area contributed by atoms with Gasteiger partial charge < -0.3 is 19.7 Å². The fraction of sp³-hybridized carbons (Fsp3) is 0.600. The number of nitrogens with one attached hydrogen (secondary N) is 1. The van der Waals surface area contributed by atoms with Gasteiger partial charge in [0.1, 0.15) is 6.10 Å². The average Bonchev–Trinajstić information content (AvgIpc) is 2.82. The lowest BCUT2D eigenvalue weighted by Gasteiger charge is -2.18. The van der Waals surface area contributed by atoms with E-state index in [1.165, 1.54) is 5.56 Å². The van der Waals surface area contributed by atoms with E-state index in [-0.39, 0.29) is 6.10 Å². The molecule has 0 bridgehead atoms. The molecule has 1 aliphatic heterocycles. The minimum atomic E-state index is 0.276. The summed E-state index contributed by atoms with van der Waals surface area (Å²) in [6.45, 7) is 3.03. The molecule has 0 aromatic heterocycles. The summed E-state index contributed by atoms with van der Waals surface area (Å²) >= 11 is 0. The Morgan fingerprint density at radius 3 is 2.89 bits per heavy atom. The molecule has 0 radical (unpaired) electrons. The van der Waals surface area contributed by atoms with Gasteiger partial charge >= 0.3 is 0 Å². The van der Waals surface area contributed by atoms with E-state index in [4.69, 9.17) is 9.47 Å². The molecular weight excluding hydrogens is 240 g/mol. The average molecular weight is 264 g/mol. The van der Waals surface area contributed by atoms with Crippen molar-refractivity contribution in [1.82, 2.24) is 10.2 Å². The summed E-state index contributed by atoms with van der Waals surface area (Å²) in [7, 11) is 5.80. The Morgan fingerprint density at radius 2 is 2.26 bits per heavy atom. The zero-order chi connectivity index (χ0) is 13.7. The fourth-order valence-corrected chi connectivity index (χ4v) is 2.51. The van der Waals surface area contributed by atoms with Gasteiger partial charge in [0.25, 0.3) is 0 Å². The van der Waals surface area contributed by atoms with Crippen LogP contribution >= 0.6 is 0 Å². The molecule has 0 amide bonds. The zero-order valence-corrected chi connectivity index (χ0v) is 12.1. The number of nitrogens with zero attached hydrogens (tertiary/aromatic N) is 1. The molecule has 106 valence electrons. The van der Waals surface area contributed by atoms with Gasteiger partial charge in [-0.2, -0.15) is 0 Å². The van der Waals surface area contributed by atoms with E-state index in [1.807, 2.05) is 19.2 Å². The lowest BCUT2D eigenvalue weighted by atomic mass is 10.1. The molecule has 1 aromatic carbocycles. The van der Waals surface area contributed by atoms with Crippen molar-refractivity contribution in [2.75, 3.05) is 40.8 Å². The maximum Gasteiger partial charge on any atom is 0.163 e. The van der Waals surface area contributed by atoms with Crippen LogP contribution in [0.4, 0.5) is 0 Å². The van der Waals surface area contributed by atoms with Crippen molar-refractivity contribution in [1.29, 1.82) is 0 Å². The van der Waals surface area contributed by atoms with Crippen molar-refractivity contribution in [2.45, 2.75) is 18.9 Å². The third-order valence-corrected chi connectivity index (χ3v) is 3.55. The lowest BCUT2D eigenvalue weighted by molar-refractivity contribution is 0.199. The Bertz CT molecular complexity index is 409. The minimum absolute atomic E-state index is 0.276. The van der Waals surface area contributed by atoms with Crippen LogP contribution in [0.25, 0.3) is 0 Å². The Hall–Kier alpha value is -1.26. The topological polar surface area (TPSA) is 33.7 Å². The number of hydrogen-bond acceptors (Lipinski definition) is 4. The molecule has 19 heavy (non-hydrogen) atoms.